The molecule has 0 saturated heterocycles. The van der Waals surface area contributed by atoms with Crippen molar-refractivity contribution in [3.63, 3.8) is 0 Å². The van der Waals surface area contributed by atoms with Crippen LogP contribution in [0.4, 0.5) is 22.1 Å². The fraction of sp³-hybridized carbons (Fsp3) is 0.100. The summed E-state index contributed by atoms with van der Waals surface area (Å²) < 4.78 is 0. The van der Waals surface area contributed by atoms with Crippen LogP contribution in [-0.4, -0.2) is 5.91 Å². The third-order valence-electron chi connectivity index (χ3n) is 4.06. The molecule has 0 aliphatic carbocycles. The molecule has 0 aliphatic rings. The Labute approximate surface area is 156 Å². The highest BCUT2D eigenvalue weighted by atomic mass is 32.1. The Hall–Kier alpha value is -3.30. The zero-order valence-corrected chi connectivity index (χ0v) is 15.3. The van der Waals surface area contributed by atoms with Gasteiger partial charge in [-0.2, -0.15) is 5.26 Å². The highest BCUT2D eigenvalue weighted by Crippen LogP contribution is 2.37. The third-order valence-corrected chi connectivity index (χ3v) is 5.18. The minimum Gasteiger partial charge on any atom is -0.396 e. The fourth-order valence-corrected chi connectivity index (χ4v) is 3.46. The van der Waals surface area contributed by atoms with Crippen LogP contribution in [0.2, 0.25) is 0 Å². The van der Waals surface area contributed by atoms with Crippen LogP contribution in [-0.2, 0) is 0 Å². The van der Waals surface area contributed by atoms with E-state index in [1.165, 1.54) is 11.3 Å². The number of nitrogen functional groups attached to an aromatic ring is 1. The lowest BCUT2D eigenvalue weighted by molar-refractivity contribution is 0.103. The van der Waals surface area contributed by atoms with Gasteiger partial charge in [0.05, 0.1) is 5.69 Å². The minimum absolute atomic E-state index is 0.192. The maximum atomic E-state index is 12.6. The van der Waals surface area contributed by atoms with Gasteiger partial charge < -0.3 is 16.4 Å². The number of amides is 1. The van der Waals surface area contributed by atoms with Gasteiger partial charge in [-0.3, -0.25) is 4.79 Å². The standard InChI is InChI=1S/C20H18N4OS/c1-12-8-9-15(10-13(12)2)23-19(25)18-17(22)16(11-21)20(26-18)24-14-6-4-3-5-7-14/h3-10,24H,22H2,1-2H3,(H,23,25). The first-order chi connectivity index (χ1) is 12.5. The predicted octanol–water partition coefficient (Wildman–Crippen LogP) is 4.81. The molecule has 4 N–H and O–H groups in total. The number of thiophene rings is 1. The molecule has 130 valence electrons. The molecular formula is C20H18N4OS. The molecule has 0 spiro atoms. The van der Waals surface area contributed by atoms with Gasteiger partial charge in [0, 0.05) is 11.4 Å². The number of rotatable bonds is 4. The van der Waals surface area contributed by atoms with Gasteiger partial charge in [-0.05, 0) is 49.2 Å². The number of anilines is 4. The molecule has 1 aromatic heterocycles. The molecule has 0 unspecified atom stereocenters. The van der Waals surface area contributed by atoms with Crippen molar-refractivity contribution in [1.82, 2.24) is 0 Å². The number of para-hydroxylation sites is 1. The summed E-state index contributed by atoms with van der Waals surface area (Å²) >= 11 is 1.17. The smallest absolute Gasteiger partial charge is 0.267 e. The average molecular weight is 362 g/mol. The Morgan fingerprint density at radius 1 is 1.08 bits per heavy atom. The number of nitriles is 1. The van der Waals surface area contributed by atoms with Gasteiger partial charge in [-0.15, -0.1) is 11.3 Å². The van der Waals surface area contributed by atoms with Crippen LogP contribution in [0.3, 0.4) is 0 Å². The zero-order valence-electron chi connectivity index (χ0n) is 14.5. The van der Waals surface area contributed by atoms with Gasteiger partial charge in [0.2, 0.25) is 0 Å². The van der Waals surface area contributed by atoms with Crippen LogP contribution in [0, 0.1) is 25.2 Å². The van der Waals surface area contributed by atoms with E-state index < -0.39 is 0 Å². The summed E-state index contributed by atoms with van der Waals surface area (Å²) in [5, 5.41) is 16.0. The monoisotopic (exact) mass is 362 g/mol. The zero-order chi connectivity index (χ0) is 18.7. The predicted molar refractivity (Wildman–Crippen MR) is 107 cm³/mol. The van der Waals surface area contributed by atoms with E-state index in [9.17, 15) is 10.1 Å². The molecule has 6 heteroatoms. The quantitative estimate of drug-likeness (QED) is 0.621. The first-order valence-corrected chi connectivity index (χ1v) is 8.84. The van der Waals surface area contributed by atoms with Crippen LogP contribution in [0.15, 0.2) is 48.5 Å². The van der Waals surface area contributed by atoms with Crippen LogP contribution in [0.5, 0.6) is 0 Å². The Morgan fingerprint density at radius 2 is 1.81 bits per heavy atom. The van der Waals surface area contributed by atoms with Crippen molar-refractivity contribution in [1.29, 1.82) is 5.26 Å². The Morgan fingerprint density at radius 3 is 2.46 bits per heavy atom. The van der Waals surface area contributed by atoms with Crippen molar-refractivity contribution in [3.8, 4) is 6.07 Å². The van der Waals surface area contributed by atoms with Crippen LogP contribution >= 0.6 is 11.3 Å². The molecule has 0 saturated carbocycles. The van der Waals surface area contributed by atoms with Crippen molar-refractivity contribution < 1.29 is 4.79 Å². The molecule has 1 heterocycles. The second-order valence-corrected chi connectivity index (χ2v) is 6.93. The fourth-order valence-electron chi connectivity index (χ4n) is 2.47. The van der Waals surface area contributed by atoms with Gasteiger partial charge >= 0.3 is 0 Å². The van der Waals surface area contributed by atoms with Crippen molar-refractivity contribution in [3.05, 3.63) is 70.1 Å². The molecule has 5 nitrogen and oxygen atoms in total. The molecule has 3 rings (SSSR count). The Balaban J connectivity index is 1.88. The highest BCUT2D eigenvalue weighted by Gasteiger charge is 2.21. The van der Waals surface area contributed by atoms with E-state index in [1.54, 1.807) is 0 Å². The number of benzene rings is 2. The number of nitrogens with zero attached hydrogens (tertiary/aromatic N) is 1. The summed E-state index contributed by atoms with van der Waals surface area (Å²) in [6, 6.07) is 17.2. The third kappa shape index (κ3) is 3.53. The number of hydrogen-bond acceptors (Lipinski definition) is 5. The molecule has 0 atom stereocenters. The van der Waals surface area contributed by atoms with Gasteiger partial charge in [0.1, 0.15) is 21.5 Å². The van der Waals surface area contributed by atoms with E-state index in [-0.39, 0.29) is 17.2 Å². The highest BCUT2D eigenvalue weighted by molar-refractivity contribution is 7.19. The minimum atomic E-state index is -0.326. The summed E-state index contributed by atoms with van der Waals surface area (Å²) in [7, 11) is 0. The summed E-state index contributed by atoms with van der Waals surface area (Å²) in [5.41, 5.74) is 10.3. The van der Waals surface area contributed by atoms with Gasteiger partial charge in [-0.25, -0.2) is 0 Å². The second kappa shape index (κ2) is 7.30. The first-order valence-electron chi connectivity index (χ1n) is 8.02. The topological polar surface area (TPSA) is 90.9 Å². The lowest BCUT2D eigenvalue weighted by Crippen LogP contribution is -2.12. The molecule has 0 fully saturated rings. The Bertz CT molecular complexity index is 1000. The van der Waals surface area contributed by atoms with Gasteiger partial charge in [0.25, 0.3) is 5.91 Å². The van der Waals surface area contributed by atoms with E-state index in [4.69, 9.17) is 5.73 Å². The van der Waals surface area contributed by atoms with Crippen molar-refractivity contribution in [2.75, 3.05) is 16.4 Å². The summed E-state index contributed by atoms with van der Waals surface area (Å²) in [6.45, 7) is 4.00. The summed E-state index contributed by atoms with van der Waals surface area (Å²) in [5.74, 6) is -0.326. The van der Waals surface area contributed by atoms with E-state index in [0.29, 0.717) is 15.6 Å². The lowest BCUT2D eigenvalue weighted by atomic mass is 10.1. The number of hydrogen-bond donors (Lipinski definition) is 3. The number of nitrogens with one attached hydrogen (secondary N) is 2. The number of carbonyl (C=O) groups is 1. The van der Waals surface area contributed by atoms with Crippen molar-refractivity contribution in [2.45, 2.75) is 13.8 Å². The van der Waals surface area contributed by atoms with Gasteiger partial charge in [0.15, 0.2) is 0 Å². The Kier molecular flexibility index (Phi) is 4.92. The second-order valence-electron chi connectivity index (χ2n) is 5.90. The normalized spacial score (nSPS) is 10.2. The molecule has 26 heavy (non-hydrogen) atoms. The average Bonchev–Trinajstić information content (AvgIpc) is 2.94. The molecule has 0 bridgehead atoms. The van der Waals surface area contributed by atoms with Gasteiger partial charge in [-0.1, -0.05) is 24.3 Å². The summed E-state index contributed by atoms with van der Waals surface area (Å²) in [6.07, 6.45) is 0. The van der Waals surface area contributed by atoms with E-state index >= 15 is 0 Å². The molecule has 0 radical (unpaired) electrons. The maximum Gasteiger partial charge on any atom is 0.267 e. The van der Waals surface area contributed by atoms with Crippen molar-refractivity contribution >= 4 is 39.3 Å². The largest absolute Gasteiger partial charge is 0.396 e. The molecule has 3 aromatic rings. The number of aryl methyl sites for hydroxylation is 2. The maximum absolute atomic E-state index is 12.6. The number of nitrogens with two attached hydrogens (primary N) is 1. The summed E-state index contributed by atoms with van der Waals surface area (Å²) in [4.78, 5) is 13.0. The molecule has 1 amide bonds. The molecular weight excluding hydrogens is 344 g/mol. The molecule has 0 aliphatic heterocycles. The van der Waals surface area contributed by atoms with E-state index in [2.05, 4.69) is 16.7 Å². The van der Waals surface area contributed by atoms with Crippen LogP contribution < -0.4 is 16.4 Å². The van der Waals surface area contributed by atoms with Crippen molar-refractivity contribution in [2.24, 2.45) is 0 Å². The lowest BCUT2D eigenvalue weighted by Gasteiger charge is -2.07. The van der Waals surface area contributed by atoms with E-state index in [0.717, 1.165) is 16.8 Å². The van der Waals surface area contributed by atoms with E-state index in [1.807, 2.05) is 62.4 Å². The molecule has 2 aromatic carbocycles. The first kappa shape index (κ1) is 17.5. The SMILES string of the molecule is Cc1ccc(NC(=O)c2sc(Nc3ccccc3)c(C#N)c2N)cc1C. The van der Waals surface area contributed by atoms with Crippen LogP contribution in [0.25, 0.3) is 0 Å². The number of carbonyl (C=O) groups excluding carboxylic acids is 1. The van der Waals surface area contributed by atoms with Crippen LogP contribution in [0.1, 0.15) is 26.4 Å².